The molecule has 1 aromatic heterocycles. The van der Waals surface area contributed by atoms with E-state index in [1.54, 1.807) is 0 Å². The average Bonchev–Trinajstić information content (AvgIpc) is 2.90. The van der Waals surface area contributed by atoms with Crippen LogP contribution in [0.15, 0.2) is 23.4 Å². The highest BCUT2D eigenvalue weighted by atomic mass is 32.2. The molecule has 1 aliphatic heterocycles. The molecule has 1 aromatic rings. The third-order valence-corrected chi connectivity index (χ3v) is 4.14. The summed E-state index contributed by atoms with van der Waals surface area (Å²) in [4.78, 5) is 3.78. The van der Waals surface area contributed by atoms with E-state index in [4.69, 9.17) is 5.26 Å². The number of nitriles is 1. The zero-order valence-corrected chi connectivity index (χ0v) is 10.6. The van der Waals surface area contributed by atoms with E-state index in [0.717, 1.165) is 19.4 Å². The summed E-state index contributed by atoms with van der Waals surface area (Å²) in [7, 11) is -3.63. The average molecular weight is 266 g/mol. The number of hydrogen-bond acceptors (Lipinski definition) is 5. The van der Waals surface area contributed by atoms with Crippen molar-refractivity contribution in [3.05, 3.63) is 23.9 Å². The van der Waals surface area contributed by atoms with Crippen LogP contribution in [0.25, 0.3) is 0 Å². The van der Waals surface area contributed by atoms with E-state index in [1.165, 1.54) is 18.3 Å². The second-order valence-electron chi connectivity index (χ2n) is 4.14. The number of pyridine rings is 1. The van der Waals surface area contributed by atoms with E-state index in [2.05, 4.69) is 15.0 Å². The first-order valence-electron chi connectivity index (χ1n) is 5.71. The standard InChI is InChI=1S/C11H14N4O2S/c12-7-9-3-5-14-11(6-9)18(16,17)15-8-10-2-1-4-13-10/h3,5-6,10,13,15H,1-2,4,8H2/t10-/m0/s1. The second kappa shape index (κ2) is 5.44. The lowest BCUT2D eigenvalue weighted by atomic mass is 10.2. The minimum absolute atomic E-state index is 0.112. The third kappa shape index (κ3) is 3.04. The Balaban J connectivity index is 2.07. The van der Waals surface area contributed by atoms with Gasteiger partial charge in [-0.15, -0.1) is 0 Å². The zero-order chi connectivity index (χ0) is 13.0. The molecular weight excluding hydrogens is 252 g/mol. The molecule has 2 N–H and O–H groups in total. The highest BCUT2D eigenvalue weighted by molar-refractivity contribution is 7.89. The van der Waals surface area contributed by atoms with Gasteiger partial charge in [-0.25, -0.2) is 18.1 Å². The summed E-state index contributed by atoms with van der Waals surface area (Å²) in [5, 5.41) is 11.8. The molecule has 1 aliphatic rings. The first kappa shape index (κ1) is 13.0. The van der Waals surface area contributed by atoms with Gasteiger partial charge in [0.05, 0.1) is 11.6 Å². The van der Waals surface area contributed by atoms with Crippen molar-refractivity contribution in [2.75, 3.05) is 13.1 Å². The van der Waals surface area contributed by atoms with Gasteiger partial charge in [0.1, 0.15) is 0 Å². The lowest BCUT2D eigenvalue weighted by Gasteiger charge is -2.11. The van der Waals surface area contributed by atoms with Crippen LogP contribution in [0.1, 0.15) is 18.4 Å². The quantitative estimate of drug-likeness (QED) is 0.799. The van der Waals surface area contributed by atoms with Gasteiger partial charge in [0, 0.05) is 18.8 Å². The number of aromatic nitrogens is 1. The molecule has 1 fully saturated rings. The van der Waals surface area contributed by atoms with Gasteiger partial charge >= 0.3 is 0 Å². The van der Waals surface area contributed by atoms with Crippen molar-refractivity contribution in [2.45, 2.75) is 23.9 Å². The highest BCUT2D eigenvalue weighted by Crippen LogP contribution is 2.09. The van der Waals surface area contributed by atoms with Gasteiger partial charge in [-0.2, -0.15) is 5.26 Å². The van der Waals surface area contributed by atoms with E-state index < -0.39 is 10.0 Å². The van der Waals surface area contributed by atoms with Crippen LogP contribution in [0.4, 0.5) is 0 Å². The molecule has 1 atom stereocenters. The molecule has 0 aliphatic carbocycles. The minimum Gasteiger partial charge on any atom is -0.313 e. The fourth-order valence-corrected chi connectivity index (χ4v) is 2.89. The van der Waals surface area contributed by atoms with Gasteiger partial charge in [0.2, 0.25) is 0 Å². The Morgan fingerprint density at radius 3 is 3.11 bits per heavy atom. The highest BCUT2D eigenvalue weighted by Gasteiger charge is 2.20. The van der Waals surface area contributed by atoms with Crippen LogP contribution < -0.4 is 10.0 Å². The van der Waals surface area contributed by atoms with Crippen LogP contribution in [0.2, 0.25) is 0 Å². The van der Waals surface area contributed by atoms with Crippen LogP contribution in [0, 0.1) is 11.3 Å². The van der Waals surface area contributed by atoms with E-state index in [-0.39, 0.29) is 16.6 Å². The van der Waals surface area contributed by atoms with E-state index >= 15 is 0 Å². The van der Waals surface area contributed by atoms with Gasteiger partial charge in [0.15, 0.2) is 5.03 Å². The lowest BCUT2D eigenvalue weighted by molar-refractivity contribution is 0.549. The summed E-state index contributed by atoms with van der Waals surface area (Å²) < 4.78 is 26.4. The molecule has 2 rings (SSSR count). The van der Waals surface area contributed by atoms with Crippen LogP contribution in [-0.4, -0.2) is 32.5 Å². The summed E-state index contributed by atoms with van der Waals surface area (Å²) in [6, 6.07) is 4.81. The Kier molecular flexibility index (Phi) is 3.91. The summed E-state index contributed by atoms with van der Waals surface area (Å²) in [6.45, 7) is 1.27. The molecule has 18 heavy (non-hydrogen) atoms. The van der Waals surface area contributed by atoms with Crippen LogP contribution in [0.3, 0.4) is 0 Å². The monoisotopic (exact) mass is 266 g/mol. The summed E-state index contributed by atoms with van der Waals surface area (Å²) in [5.41, 5.74) is 0.282. The van der Waals surface area contributed by atoms with Crippen molar-refractivity contribution >= 4 is 10.0 Å². The minimum atomic E-state index is -3.63. The van der Waals surface area contributed by atoms with Gasteiger partial charge in [0.25, 0.3) is 10.0 Å². The molecule has 0 radical (unpaired) electrons. The Morgan fingerprint density at radius 2 is 2.44 bits per heavy atom. The van der Waals surface area contributed by atoms with Gasteiger partial charge in [-0.1, -0.05) is 0 Å². The predicted octanol–water partition coefficient (Wildman–Crippen LogP) is -0.0164. The Bertz CT molecular complexity index is 559. The number of rotatable bonds is 4. The van der Waals surface area contributed by atoms with Crippen LogP contribution in [0.5, 0.6) is 0 Å². The molecule has 96 valence electrons. The van der Waals surface area contributed by atoms with Gasteiger partial charge in [-0.05, 0) is 31.5 Å². The Hall–Kier alpha value is -1.49. The molecule has 0 spiro atoms. The third-order valence-electron chi connectivity index (χ3n) is 2.82. The molecule has 7 heteroatoms. The first-order chi connectivity index (χ1) is 8.62. The SMILES string of the molecule is N#Cc1ccnc(S(=O)(=O)NC[C@@H]2CCCN2)c1. The van der Waals surface area contributed by atoms with Gasteiger partial charge in [-0.3, -0.25) is 0 Å². The van der Waals surface area contributed by atoms with Crippen molar-refractivity contribution in [1.82, 2.24) is 15.0 Å². The predicted molar refractivity (Wildman–Crippen MR) is 65.2 cm³/mol. The van der Waals surface area contributed by atoms with Crippen molar-refractivity contribution in [3.63, 3.8) is 0 Å². The van der Waals surface area contributed by atoms with E-state index in [9.17, 15) is 8.42 Å². The summed E-state index contributed by atoms with van der Waals surface area (Å²) >= 11 is 0. The molecule has 0 saturated carbocycles. The fourth-order valence-electron chi connectivity index (χ4n) is 1.84. The molecular formula is C11H14N4O2S. The van der Waals surface area contributed by atoms with Crippen molar-refractivity contribution in [2.24, 2.45) is 0 Å². The normalized spacial score (nSPS) is 19.6. The second-order valence-corrected chi connectivity index (χ2v) is 5.85. The topological polar surface area (TPSA) is 94.9 Å². The summed E-state index contributed by atoms with van der Waals surface area (Å²) in [5.74, 6) is 0. The molecule has 0 unspecified atom stereocenters. The number of nitrogens with one attached hydrogen (secondary N) is 2. The Labute approximate surface area is 106 Å². The molecule has 2 heterocycles. The van der Waals surface area contributed by atoms with Crippen molar-refractivity contribution in [1.29, 1.82) is 5.26 Å². The maximum atomic E-state index is 11.9. The van der Waals surface area contributed by atoms with Crippen LogP contribution in [-0.2, 0) is 10.0 Å². The largest absolute Gasteiger partial charge is 0.313 e. The van der Waals surface area contributed by atoms with Gasteiger partial charge < -0.3 is 5.32 Å². The van der Waals surface area contributed by atoms with Crippen molar-refractivity contribution in [3.8, 4) is 6.07 Å². The summed E-state index contributed by atoms with van der Waals surface area (Å²) in [6.07, 6.45) is 3.35. The maximum absolute atomic E-state index is 11.9. The van der Waals surface area contributed by atoms with Crippen LogP contribution >= 0.6 is 0 Å². The maximum Gasteiger partial charge on any atom is 0.258 e. The molecule has 0 amide bonds. The molecule has 0 aromatic carbocycles. The lowest BCUT2D eigenvalue weighted by Crippen LogP contribution is -2.37. The molecule has 1 saturated heterocycles. The fraction of sp³-hybridized carbons (Fsp3) is 0.455. The Morgan fingerprint density at radius 1 is 1.61 bits per heavy atom. The van der Waals surface area contributed by atoms with E-state index in [1.807, 2.05) is 6.07 Å². The molecule has 0 bridgehead atoms. The smallest absolute Gasteiger partial charge is 0.258 e. The zero-order valence-electron chi connectivity index (χ0n) is 9.76. The van der Waals surface area contributed by atoms with E-state index in [0.29, 0.717) is 6.54 Å². The number of sulfonamides is 1. The first-order valence-corrected chi connectivity index (χ1v) is 7.19. The number of hydrogen-bond donors (Lipinski definition) is 2. The molecule has 6 nitrogen and oxygen atoms in total. The number of nitrogens with zero attached hydrogens (tertiary/aromatic N) is 2. The van der Waals surface area contributed by atoms with Crippen molar-refractivity contribution < 1.29 is 8.42 Å².